The number of aliphatic hydroxyl groups is 1. The first-order valence-electron chi connectivity index (χ1n) is 6.29. The van der Waals surface area contributed by atoms with Gasteiger partial charge in [0.15, 0.2) is 0 Å². The molecule has 1 aliphatic rings. The lowest BCUT2D eigenvalue weighted by Crippen LogP contribution is -2.39. The quantitative estimate of drug-likeness (QED) is 0.643. The average molecular weight is 268 g/mol. The summed E-state index contributed by atoms with van der Waals surface area (Å²) >= 11 is 0. The lowest BCUT2D eigenvalue weighted by molar-refractivity contribution is -0.385. The Hall–Kier alpha value is -1.53. The van der Waals surface area contributed by atoms with Crippen molar-refractivity contribution in [2.24, 2.45) is 11.1 Å². The number of nitrogens with zero attached hydrogens (tertiary/aromatic N) is 1. The van der Waals surface area contributed by atoms with Crippen molar-refractivity contribution in [1.82, 2.24) is 0 Å². The summed E-state index contributed by atoms with van der Waals surface area (Å²) in [7, 11) is 0. The van der Waals surface area contributed by atoms with Gasteiger partial charge in [0.2, 0.25) is 0 Å². The molecule has 0 aromatic heterocycles. The summed E-state index contributed by atoms with van der Waals surface area (Å²) in [5.74, 6) is -0.635. The molecule has 0 heterocycles. The fraction of sp³-hybridized carbons (Fsp3) is 0.538. The topological polar surface area (TPSA) is 89.4 Å². The summed E-state index contributed by atoms with van der Waals surface area (Å²) in [6.07, 6.45) is 2.14. The van der Waals surface area contributed by atoms with Gasteiger partial charge in [0.25, 0.3) is 5.69 Å². The molecule has 1 saturated carbocycles. The summed E-state index contributed by atoms with van der Waals surface area (Å²) < 4.78 is 13.4. The highest BCUT2D eigenvalue weighted by molar-refractivity contribution is 5.36. The minimum Gasteiger partial charge on any atom is -0.392 e. The average Bonchev–Trinajstić information content (AvgIpc) is 2.70. The van der Waals surface area contributed by atoms with Crippen molar-refractivity contribution in [2.75, 3.05) is 6.54 Å². The Morgan fingerprint density at radius 2 is 2.26 bits per heavy atom. The molecular weight excluding hydrogens is 251 g/mol. The van der Waals surface area contributed by atoms with Crippen molar-refractivity contribution in [1.29, 1.82) is 0 Å². The highest BCUT2D eigenvalue weighted by Crippen LogP contribution is 2.40. The van der Waals surface area contributed by atoms with Crippen LogP contribution < -0.4 is 5.73 Å². The van der Waals surface area contributed by atoms with Crippen LogP contribution in [0.15, 0.2) is 18.2 Å². The van der Waals surface area contributed by atoms with Crippen LogP contribution in [0.5, 0.6) is 0 Å². The monoisotopic (exact) mass is 268 g/mol. The second-order valence-electron chi connectivity index (χ2n) is 5.23. The van der Waals surface area contributed by atoms with E-state index in [9.17, 15) is 19.6 Å². The normalized spacial score (nSPS) is 26.6. The zero-order chi connectivity index (χ0) is 14.0. The number of halogens is 1. The molecule has 0 radical (unpaired) electrons. The van der Waals surface area contributed by atoms with Gasteiger partial charge in [-0.25, -0.2) is 4.39 Å². The first-order chi connectivity index (χ1) is 8.97. The molecule has 1 fully saturated rings. The summed E-state index contributed by atoms with van der Waals surface area (Å²) in [5, 5.41) is 20.8. The van der Waals surface area contributed by atoms with Gasteiger partial charge in [0.05, 0.1) is 17.1 Å². The molecule has 2 rings (SSSR count). The standard InChI is InChI=1S/C13H17FN2O3/c14-10-4-9(5-11(6-10)16(18)19)7-13(8-15)3-1-2-12(13)17/h4-6,12,17H,1-3,7-8,15H2. The first-order valence-corrected chi connectivity index (χ1v) is 6.29. The number of benzene rings is 1. The number of non-ortho nitro benzene ring substituents is 1. The van der Waals surface area contributed by atoms with E-state index >= 15 is 0 Å². The second kappa shape index (κ2) is 5.22. The number of aliphatic hydroxyl groups excluding tert-OH is 1. The third-order valence-corrected chi connectivity index (χ3v) is 3.97. The van der Waals surface area contributed by atoms with E-state index in [1.807, 2.05) is 0 Å². The van der Waals surface area contributed by atoms with E-state index in [1.165, 1.54) is 12.1 Å². The smallest absolute Gasteiger partial charge is 0.272 e. The van der Waals surface area contributed by atoms with E-state index < -0.39 is 22.3 Å². The lowest BCUT2D eigenvalue weighted by atomic mass is 9.78. The molecule has 6 heteroatoms. The Labute approximate surface area is 110 Å². The zero-order valence-corrected chi connectivity index (χ0v) is 10.5. The van der Waals surface area contributed by atoms with Gasteiger partial charge in [-0.2, -0.15) is 0 Å². The van der Waals surface area contributed by atoms with Gasteiger partial charge >= 0.3 is 0 Å². The molecule has 1 aromatic carbocycles. The maximum atomic E-state index is 13.4. The lowest BCUT2D eigenvalue weighted by Gasteiger charge is -2.31. The highest BCUT2D eigenvalue weighted by Gasteiger charge is 2.41. The molecule has 2 atom stereocenters. The van der Waals surface area contributed by atoms with Crippen molar-refractivity contribution in [3.05, 3.63) is 39.7 Å². The van der Waals surface area contributed by atoms with Crippen molar-refractivity contribution >= 4 is 5.69 Å². The fourth-order valence-corrected chi connectivity index (χ4v) is 2.88. The van der Waals surface area contributed by atoms with Gasteiger partial charge in [-0.1, -0.05) is 6.42 Å². The van der Waals surface area contributed by atoms with Crippen LogP contribution in [-0.4, -0.2) is 22.7 Å². The van der Waals surface area contributed by atoms with Crippen molar-refractivity contribution in [3.8, 4) is 0 Å². The molecule has 5 nitrogen and oxygen atoms in total. The Morgan fingerprint density at radius 1 is 1.53 bits per heavy atom. The molecule has 3 N–H and O–H groups in total. The number of nitro groups is 1. The molecule has 1 aromatic rings. The molecule has 2 unspecified atom stereocenters. The Kier molecular flexibility index (Phi) is 3.82. The number of rotatable bonds is 4. The Balaban J connectivity index is 2.29. The maximum absolute atomic E-state index is 13.4. The van der Waals surface area contributed by atoms with Gasteiger partial charge in [0.1, 0.15) is 5.82 Å². The summed E-state index contributed by atoms with van der Waals surface area (Å²) in [4.78, 5) is 10.1. The van der Waals surface area contributed by atoms with E-state index in [0.717, 1.165) is 18.9 Å². The molecule has 19 heavy (non-hydrogen) atoms. The zero-order valence-electron chi connectivity index (χ0n) is 10.5. The van der Waals surface area contributed by atoms with Crippen LogP contribution in [-0.2, 0) is 6.42 Å². The van der Waals surface area contributed by atoms with Gasteiger partial charge < -0.3 is 10.8 Å². The van der Waals surface area contributed by atoms with Gasteiger partial charge in [0, 0.05) is 18.0 Å². The van der Waals surface area contributed by atoms with Crippen LogP contribution in [0.4, 0.5) is 10.1 Å². The minimum absolute atomic E-state index is 0.269. The van der Waals surface area contributed by atoms with Crippen molar-refractivity contribution in [2.45, 2.75) is 31.8 Å². The first kappa shape index (κ1) is 13.9. The number of nitrogens with two attached hydrogens (primary N) is 1. The predicted octanol–water partition coefficient (Wildman–Crippen LogP) is 1.77. The molecular formula is C13H17FN2O3. The third kappa shape index (κ3) is 2.74. The van der Waals surface area contributed by atoms with Crippen molar-refractivity contribution in [3.63, 3.8) is 0 Å². The molecule has 0 saturated heterocycles. The molecule has 0 amide bonds. The van der Waals surface area contributed by atoms with Crippen LogP contribution in [0.25, 0.3) is 0 Å². The number of hydrogen-bond donors (Lipinski definition) is 2. The van der Waals surface area contributed by atoms with Crippen LogP contribution in [0.2, 0.25) is 0 Å². The van der Waals surface area contributed by atoms with E-state index in [4.69, 9.17) is 5.73 Å². The van der Waals surface area contributed by atoms with Crippen molar-refractivity contribution < 1.29 is 14.4 Å². The van der Waals surface area contributed by atoms with Crippen LogP contribution in [0, 0.1) is 21.3 Å². The van der Waals surface area contributed by atoms with Gasteiger partial charge in [-0.15, -0.1) is 0 Å². The predicted molar refractivity (Wildman–Crippen MR) is 68.1 cm³/mol. The molecule has 0 spiro atoms. The van der Waals surface area contributed by atoms with E-state index in [-0.39, 0.29) is 5.69 Å². The van der Waals surface area contributed by atoms with E-state index in [0.29, 0.717) is 24.9 Å². The number of nitro benzene ring substituents is 1. The van der Waals surface area contributed by atoms with Gasteiger partial charge in [-0.05, 0) is 30.9 Å². The Morgan fingerprint density at radius 3 is 2.79 bits per heavy atom. The van der Waals surface area contributed by atoms with E-state index in [1.54, 1.807) is 0 Å². The minimum atomic E-state index is -0.635. The van der Waals surface area contributed by atoms with Crippen LogP contribution in [0.3, 0.4) is 0 Å². The summed E-state index contributed by atoms with van der Waals surface area (Å²) in [6.45, 7) is 0.290. The van der Waals surface area contributed by atoms with E-state index in [2.05, 4.69) is 0 Å². The number of hydrogen-bond acceptors (Lipinski definition) is 4. The second-order valence-corrected chi connectivity index (χ2v) is 5.23. The fourth-order valence-electron chi connectivity index (χ4n) is 2.88. The third-order valence-electron chi connectivity index (χ3n) is 3.97. The summed E-state index contributed by atoms with van der Waals surface area (Å²) in [6, 6.07) is 3.52. The Bertz CT molecular complexity index is 495. The molecule has 0 bridgehead atoms. The summed E-state index contributed by atoms with van der Waals surface area (Å²) in [5.41, 5.74) is 5.51. The largest absolute Gasteiger partial charge is 0.392 e. The molecule has 0 aliphatic heterocycles. The van der Waals surface area contributed by atoms with Crippen LogP contribution in [0.1, 0.15) is 24.8 Å². The molecule has 1 aliphatic carbocycles. The van der Waals surface area contributed by atoms with Crippen LogP contribution >= 0.6 is 0 Å². The maximum Gasteiger partial charge on any atom is 0.272 e. The SMILES string of the molecule is NCC1(Cc2cc(F)cc([N+](=O)[O-])c2)CCCC1O. The van der Waals surface area contributed by atoms with Gasteiger partial charge in [-0.3, -0.25) is 10.1 Å². The molecule has 104 valence electrons. The highest BCUT2D eigenvalue weighted by atomic mass is 19.1.